The number of rotatable bonds is 7. The van der Waals surface area contributed by atoms with Crippen molar-refractivity contribution in [3.05, 3.63) is 71.7 Å². The van der Waals surface area contributed by atoms with Crippen LogP contribution in [0.1, 0.15) is 40.4 Å². The first-order valence-corrected chi connectivity index (χ1v) is 10.5. The quantitative estimate of drug-likeness (QED) is 0.542. The number of aliphatic hydroxyl groups is 1. The van der Waals surface area contributed by atoms with Gasteiger partial charge in [0.15, 0.2) is 0 Å². The van der Waals surface area contributed by atoms with Crippen LogP contribution in [-0.4, -0.2) is 51.4 Å². The summed E-state index contributed by atoms with van der Waals surface area (Å²) in [5, 5.41) is 15.9. The number of benzene rings is 1. The van der Waals surface area contributed by atoms with Crippen LogP contribution in [0.3, 0.4) is 0 Å². The Morgan fingerprint density at radius 1 is 1.32 bits per heavy atom. The third-order valence-corrected chi connectivity index (χ3v) is 5.33. The fraction of sp³-hybridized carbons (Fsp3) is 0.348. The molecule has 2 atom stereocenters. The van der Waals surface area contributed by atoms with E-state index in [2.05, 4.69) is 20.6 Å². The molecule has 3 heterocycles. The molecule has 2 aromatic heterocycles. The zero-order chi connectivity index (χ0) is 21.6. The number of aryl methyl sites for hydroxylation is 1. The Bertz CT molecular complexity index is 1020. The molecule has 3 aromatic rings. The monoisotopic (exact) mass is 421 g/mol. The molecule has 162 valence electrons. The number of hydrogen-bond acceptors (Lipinski definition) is 6. The summed E-state index contributed by atoms with van der Waals surface area (Å²) in [6, 6.07) is 10.9. The Kier molecular flexibility index (Phi) is 6.59. The summed E-state index contributed by atoms with van der Waals surface area (Å²) in [6.07, 6.45) is 7.34. The minimum Gasteiger partial charge on any atom is -0.394 e. The number of carbonyl (C=O) groups excluding carboxylic acids is 1. The Morgan fingerprint density at radius 2 is 2.16 bits per heavy atom. The standard InChI is InChI=1S/C23H27N5O3/c1-16-12-24-23(25-19-8-5-11-31-15-19)27-21(16)28-10-9-18(13-28)22(30)26-20(14-29)17-6-3-2-4-7-17/h2-4,6-7,9-10,12-13,19-20,29H,5,8,11,14-15H2,1H3,(H,26,30)(H,24,25,27). The number of aliphatic hydroxyl groups excluding tert-OH is 1. The first-order chi connectivity index (χ1) is 15.1. The van der Waals surface area contributed by atoms with Crippen LogP contribution in [0.25, 0.3) is 5.82 Å². The van der Waals surface area contributed by atoms with E-state index in [0.29, 0.717) is 23.9 Å². The van der Waals surface area contributed by atoms with Gasteiger partial charge in [-0.05, 0) is 31.4 Å². The van der Waals surface area contributed by atoms with Gasteiger partial charge in [-0.2, -0.15) is 4.98 Å². The van der Waals surface area contributed by atoms with Crippen LogP contribution in [0, 0.1) is 6.92 Å². The van der Waals surface area contributed by atoms with Gasteiger partial charge in [-0.15, -0.1) is 0 Å². The zero-order valence-corrected chi connectivity index (χ0v) is 17.5. The van der Waals surface area contributed by atoms with E-state index in [-0.39, 0.29) is 18.6 Å². The molecule has 1 aliphatic heterocycles. The molecule has 8 nitrogen and oxygen atoms in total. The van der Waals surface area contributed by atoms with Crippen molar-refractivity contribution in [2.75, 3.05) is 25.1 Å². The smallest absolute Gasteiger partial charge is 0.253 e. The number of nitrogens with zero attached hydrogens (tertiary/aromatic N) is 3. The van der Waals surface area contributed by atoms with E-state index < -0.39 is 6.04 Å². The van der Waals surface area contributed by atoms with Crippen molar-refractivity contribution in [1.82, 2.24) is 19.9 Å². The van der Waals surface area contributed by atoms with Crippen molar-refractivity contribution < 1.29 is 14.6 Å². The van der Waals surface area contributed by atoms with Crippen molar-refractivity contribution in [1.29, 1.82) is 0 Å². The summed E-state index contributed by atoms with van der Waals surface area (Å²) >= 11 is 0. The molecule has 0 aliphatic carbocycles. The van der Waals surface area contributed by atoms with Gasteiger partial charge in [0.25, 0.3) is 5.91 Å². The van der Waals surface area contributed by atoms with Gasteiger partial charge < -0.3 is 25.0 Å². The van der Waals surface area contributed by atoms with Gasteiger partial charge in [0.1, 0.15) is 5.82 Å². The maximum absolute atomic E-state index is 12.8. The van der Waals surface area contributed by atoms with Gasteiger partial charge in [-0.3, -0.25) is 4.79 Å². The maximum atomic E-state index is 12.8. The van der Waals surface area contributed by atoms with Gasteiger partial charge in [-0.1, -0.05) is 30.3 Å². The molecule has 8 heteroatoms. The first kappa shape index (κ1) is 21.0. The van der Waals surface area contributed by atoms with E-state index >= 15 is 0 Å². The molecule has 1 aliphatic rings. The lowest BCUT2D eigenvalue weighted by molar-refractivity contribution is 0.0874. The minimum atomic E-state index is -0.466. The summed E-state index contributed by atoms with van der Waals surface area (Å²) in [7, 11) is 0. The zero-order valence-electron chi connectivity index (χ0n) is 17.5. The largest absolute Gasteiger partial charge is 0.394 e. The Labute approximate surface area is 181 Å². The Morgan fingerprint density at radius 3 is 2.90 bits per heavy atom. The van der Waals surface area contributed by atoms with E-state index in [0.717, 1.165) is 30.6 Å². The second kappa shape index (κ2) is 9.72. The maximum Gasteiger partial charge on any atom is 0.253 e. The molecule has 4 rings (SSSR count). The number of amides is 1. The normalized spacial score (nSPS) is 17.2. The van der Waals surface area contributed by atoms with E-state index in [1.807, 2.05) is 41.8 Å². The molecule has 1 saturated heterocycles. The predicted octanol–water partition coefficient (Wildman–Crippen LogP) is 2.63. The number of hydrogen-bond donors (Lipinski definition) is 3. The molecule has 2 unspecified atom stereocenters. The highest BCUT2D eigenvalue weighted by Crippen LogP contribution is 2.18. The number of ether oxygens (including phenoxy) is 1. The van der Waals surface area contributed by atoms with Crippen LogP contribution in [0.15, 0.2) is 55.0 Å². The summed E-state index contributed by atoms with van der Waals surface area (Å²) < 4.78 is 7.32. The average molecular weight is 422 g/mol. The highest BCUT2D eigenvalue weighted by Gasteiger charge is 2.18. The molecule has 0 radical (unpaired) electrons. The molecule has 1 fully saturated rings. The molecule has 3 N–H and O–H groups in total. The van der Waals surface area contributed by atoms with Gasteiger partial charge in [-0.25, -0.2) is 4.98 Å². The summed E-state index contributed by atoms with van der Waals surface area (Å²) in [5.41, 5.74) is 2.24. The van der Waals surface area contributed by atoms with E-state index in [9.17, 15) is 9.90 Å². The lowest BCUT2D eigenvalue weighted by Gasteiger charge is -2.23. The Hall–Kier alpha value is -3.23. The van der Waals surface area contributed by atoms with Gasteiger partial charge >= 0.3 is 0 Å². The van der Waals surface area contributed by atoms with Crippen LogP contribution >= 0.6 is 0 Å². The first-order valence-electron chi connectivity index (χ1n) is 10.5. The topological polar surface area (TPSA) is 101 Å². The third-order valence-electron chi connectivity index (χ3n) is 5.33. The van der Waals surface area contributed by atoms with E-state index in [1.165, 1.54) is 0 Å². The molecule has 1 amide bonds. The van der Waals surface area contributed by atoms with Crippen LogP contribution in [0.5, 0.6) is 0 Å². The highest BCUT2D eigenvalue weighted by molar-refractivity contribution is 5.94. The van der Waals surface area contributed by atoms with Crippen molar-refractivity contribution in [2.45, 2.75) is 31.8 Å². The molecule has 0 saturated carbocycles. The van der Waals surface area contributed by atoms with Crippen LogP contribution < -0.4 is 10.6 Å². The van der Waals surface area contributed by atoms with Gasteiger partial charge in [0, 0.05) is 30.8 Å². The summed E-state index contributed by atoms with van der Waals surface area (Å²) in [5.74, 6) is 0.987. The Balaban J connectivity index is 1.48. The highest BCUT2D eigenvalue weighted by atomic mass is 16.5. The summed E-state index contributed by atoms with van der Waals surface area (Å²) in [6.45, 7) is 3.20. The number of anilines is 1. The summed E-state index contributed by atoms with van der Waals surface area (Å²) in [4.78, 5) is 21.8. The molecular weight excluding hydrogens is 394 g/mol. The van der Waals surface area contributed by atoms with Crippen molar-refractivity contribution in [3.63, 3.8) is 0 Å². The lowest BCUT2D eigenvalue weighted by atomic mass is 10.1. The van der Waals surface area contributed by atoms with E-state index in [4.69, 9.17) is 4.74 Å². The molecule has 0 bridgehead atoms. The minimum absolute atomic E-state index is 0.179. The molecule has 0 spiro atoms. The van der Waals surface area contributed by atoms with Crippen molar-refractivity contribution in [3.8, 4) is 5.82 Å². The SMILES string of the molecule is Cc1cnc(NC2CCCOC2)nc1-n1ccc(C(=O)NC(CO)c2ccccc2)c1. The second-order valence-electron chi connectivity index (χ2n) is 7.69. The van der Waals surface area contributed by atoms with Gasteiger partial charge in [0.05, 0.1) is 30.9 Å². The van der Waals surface area contributed by atoms with Crippen LogP contribution in [0.2, 0.25) is 0 Å². The fourth-order valence-corrected chi connectivity index (χ4v) is 3.62. The van der Waals surface area contributed by atoms with E-state index in [1.54, 1.807) is 24.7 Å². The number of aromatic nitrogens is 3. The molecular formula is C23H27N5O3. The van der Waals surface area contributed by atoms with Crippen LogP contribution in [-0.2, 0) is 4.74 Å². The number of nitrogens with one attached hydrogen (secondary N) is 2. The third kappa shape index (κ3) is 5.10. The number of carbonyl (C=O) groups is 1. The van der Waals surface area contributed by atoms with Crippen molar-refractivity contribution >= 4 is 11.9 Å². The van der Waals surface area contributed by atoms with Crippen molar-refractivity contribution in [2.24, 2.45) is 0 Å². The van der Waals surface area contributed by atoms with Gasteiger partial charge in [0.2, 0.25) is 5.95 Å². The molecule has 31 heavy (non-hydrogen) atoms. The molecule has 1 aromatic carbocycles. The lowest BCUT2D eigenvalue weighted by Crippen LogP contribution is -2.31. The fourth-order valence-electron chi connectivity index (χ4n) is 3.62. The second-order valence-corrected chi connectivity index (χ2v) is 7.69. The van der Waals surface area contributed by atoms with Crippen LogP contribution in [0.4, 0.5) is 5.95 Å². The average Bonchev–Trinajstić information content (AvgIpc) is 3.30. The predicted molar refractivity (Wildman–Crippen MR) is 117 cm³/mol.